The van der Waals surface area contributed by atoms with Crippen molar-refractivity contribution in [2.75, 3.05) is 6.61 Å². The number of benzene rings is 1. The summed E-state index contributed by atoms with van der Waals surface area (Å²) in [4.78, 5) is 21.8. The molecule has 0 fully saturated rings. The molecule has 4 nitrogen and oxygen atoms in total. The van der Waals surface area contributed by atoms with E-state index in [9.17, 15) is 9.59 Å². The van der Waals surface area contributed by atoms with Crippen molar-refractivity contribution >= 4 is 18.0 Å². The zero-order chi connectivity index (χ0) is 12.0. The lowest BCUT2D eigenvalue weighted by molar-refractivity contribution is -0.137. The number of carbonyl (C=O) groups excluding carboxylic acids is 2. The van der Waals surface area contributed by atoms with E-state index in [-0.39, 0.29) is 5.97 Å². The van der Waals surface area contributed by atoms with E-state index in [1.54, 1.807) is 37.3 Å². The molecule has 0 bridgehead atoms. The van der Waals surface area contributed by atoms with Gasteiger partial charge in [0.2, 0.25) is 5.91 Å². The number of amides is 1. The molecule has 0 aliphatic heterocycles. The van der Waals surface area contributed by atoms with Crippen molar-refractivity contribution in [3.05, 3.63) is 41.5 Å². The van der Waals surface area contributed by atoms with Crippen LogP contribution in [0.1, 0.15) is 22.8 Å². The van der Waals surface area contributed by atoms with Gasteiger partial charge in [-0.25, -0.2) is 4.79 Å². The number of esters is 1. The molecule has 4 heteroatoms. The smallest absolute Gasteiger partial charge is 0.330 e. The molecule has 0 spiro atoms. The maximum atomic E-state index is 11.0. The van der Waals surface area contributed by atoms with Gasteiger partial charge in [0.05, 0.1) is 6.61 Å². The molecule has 0 aromatic heterocycles. The maximum Gasteiger partial charge on any atom is 0.330 e. The Morgan fingerprint density at radius 2 is 1.94 bits per heavy atom. The number of primary amides is 1. The fourth-order valence-electron chi connectivity index (χ4n) is 1.11. The summed E-state index contributed by atoms with van der Waals surface area (Å²) in [7, 11) is 0. The summed E-state index contributed by atoms with van der Waals surface area (Å²) in [6, 6.07) is 6.62. The monoisotopic (exact) mass is 219 g/mol. The third-order valence-electron chi connectivity index (χ3n) is 1.89. The fraction of sp³-hybridized carbons (Fsp3) is 0.167. The van der Waals surface area contributed by atoms with E-state index in [1.807, 2.05) is 0 Å². The van der Waals surface area contributed by atoms with Crippen LogP contribution >= 0.6 is 0 Å². The van der Waals surface area contributed by atoms with Crippen LogP contribution in [0.2, 0.25) is 0 Å². The van der Waals surface area contributed by atoms with Gasteiger partial charge in [0, 0.05) is 11.6 Å². The molecule has 0 saturated carbocycles. The fourth-order valence-corrected chi connectivity index (χ4v) is 1.11. The molecule has 0 saturated heterocycles. The van der Waals surface area contributed by atoms with E-state index in [4.69, 9.17) is 10.5 Å². The molecule has 1 aromatic carbocycles. The van der Waals surface area contributed by atoms with E-state index in [0.29, 0.717) is 12.2 Å². The second kappa shape index (κ2) is 5.70. The Morgan fingerprint density at radius 1 is 1.31 bits per heavy atom. The molecule has 1 aromatic rings. The third-order valence-corrected chi connectivity index (χ3v) is 1.89. The lowest BCUT2D eigenvalue weighted by Gasteiger charge is -1.97. The molecule has 0 aliphatic rings. The Hall–Kier alpha value is -2.10. The zero-order valence-corrected chi connectivity index (χ0v) is 8.97. The number of hydrogen-bond acceptors (Lipinski definition) is 3. The van der Waals surface area contributed by atoms with Gasteiger partial charge in [-0.15, -0.1) is 0 Å². The molecule has 1 rings (SSSR count). The van der Waals surface area contributed by atoms with Gasteiger partial charge in [-0.1, -0.05) is 12.1 Å². The number of ether oxygens (including phenoxy) is 1. The molecule has 0 atom stereocenters. The standard InChI is InChI=1S/C12H13NO3/c1-2-16-11(14)8-5-9-3-6-10(7-4-9)12(13)15/h3-8H,2H2,1H3,(H2,13,15)/b8-5+. The van der Waals surface area contributed by atoms with Crippen molar-refractivity contribution in [2.24, 2.45) is 5.73 Å². The molecule has 0 unspecified atom stereocenters. The van der Waals surface area contributed by atoms with E-state index in [2.05, 4.69) is 0 Å². The predicted octanol–water partition coefficient (Wildman–Crippen LogP) is 1.36. The summed E-state index contributed by atoms with van der Waals surface area (Å²) in [6.45, 7) is 2.09. The minimum Gasteiger partial charge on any atom is -0.463 e. The molecule has 0 radical (unpaired) electrons. The highest BCUT2D eigenvalue weighted by Crippen LogP contribution is 2.05. The van der Waals surface area contributed by atoms with Crippen molar-refractivity contribution in [3.63, 3.8) is 0 Å². The van der Waals surface area contributed by atoms with E-state index in [1.165, 1.54) is 6.08 Å². The molecular formula is C12H13NO3. The van der Waals surface area contributed by atoms with Crippen molar-refractivity contribution in [1.82, 2.24) is 0 Å². The van der Waals surface area contributed by atoms with Crippen LogP contribution < -0.4 is 5.73 Å². The SMILES string of the molecule is CCOC(=O)/C=C/c1ccc(C(N)=O)cc1. The first-order valence-corrected chi connectivity index (χ1v) is 4.88. The van der Waals surface area contributed by atoms with Gasteiger partial charge in [0.15, 0.2) is 0 Å². The van der Waals surface area contributed by atoms with Crippen molar-refractivity contribution < 1.29 is 14.3 Å². The van der Waals surface area contributed by atoms with Gasteiger partial charge in [0.1, 0.15) is 0 Å². The predicted molar refractivity (Wildman–Crippen MR) is 60.6 cm³/mol. The summed E-state index contributed by atoms with van der Waals surface area (Å²) in [5.74, 6) is -0.859. The molecule has 0 heterocycles. The largest absolute Gasteiger partial charge is 0.463 e. The van der Waals surface area contributed by atoms with E-state index < -0.39 is 5.91 Å². The van der Waals surface area contributed by atoms with Gasteiger partial charge in [-0.3, -0.25) is 4.79 Å². The Kier molecular flexibility index (Phi) is 4.27. The summed E-state index contributed by atoms with van der Waals surface area (Å²) in [6.07, 6.45) is 2.95. The van der Waals surface area contributed by atoms with Crippen LogP contribution in [-0.2, 0) is 9.53 Å². The average Bonchev–Trinajstić information content (AvgIpc) is 2.27. The summed E-state index contributed by atoms with van der Waals surface area (Å²) >= 11 is 0. The van der Waals surface area contributed by atoms with Crippen LogP contribution in [0.3, 0.4) is 0 Å². The number of carbonyl (C=O) groups is 2. The van der Waals surface area contributed by atoms with Gasteiger partial charge in [-0.2, -0.15) is 0 Å². The molecule has 0 aliphatic carbocycles. The van der Waals surface area contributed by atoms with Gasteiger partial charge in [0.25, 0.3) is 0 Å². The topological polar surface area (TPSA) is 69.4 Å². The third kappa shape index (κ3) is 3.57. The lowest BCUT2D eigenvalue weighted by atomic mass is 10.1. The molecule has 1 amide bonds. The van der Waals surface area contributed by atoms with Gasteiger partial charge in [-0.05, 0) is 30.7 Å². The lowest BCUT2D eigenvalue weighted by Crippen LogP contribution is -2.10. The first-order valence-electron chi connectivity index (χ1n) is 4.88. The molecule has 2 N–H and O–H groups in total. The number of nitrogens with two attached hydrogens (primary N) is 1. The molecule has 16 heavy (non-hydrogen) atoms. The second-order valence-corrected chi connectivity index (χ2v) is 3.07. The zero-order valence-electron chi connectivity index (χ0n) is 8.97. The minimum atomic E-state index is -0.471. The quantitative estimate of drug-likeness (QED) is 0.614. The van der Waals surface area contributed by atoms with Gasteiger partial charge < -0.3 is 10.5 Å². The first kappa shape index (κ1) is 12.0. The summed E-state index contributed by atoms with van der Waals surface area (Å²) < 4.78 is 4.73. The first-order chi connectivity index (χ1) is 7.63. The minimum absolute atomic E-state index is 0.351. The normalized spacial score (nSPS) is 10.3. The van der Waals surface area contributed by atoms with Crippen molar-refractivity contribution in [2.45, 2.75) is 6.92 Å². The van der Waals surface area contributed by atoms with Crippen molar-refractivity contribution in [3.8, 4) is 0 Å². The Morgan fingerprint density at radius 3 is 2.44 bits per heavy atom. The Bertz CT molecular complexity index is 407. The van der Waals surface area contributed by atoms with Gasteiger partial charge >= 0.3 is 5.97 Å². The van der Waals surface area contributed by atoms with Crippen molar-refractivity contribution in [1.29, 1.82) is 0 Å². The second-order valence-electron chi connectivity index (χ2n) is 3.07. The average molecular weight is 219 g/mol. The number of rotatable bonds is 4. The van der Waals surface area contributed by atoms with Crippen LogP contribution in [0.5, 0.6) is 0 Å². The Labute approximate surface area is 93.7 Å². The van der Waals surface area contributed by atoms with E-state index in [0.717, 1.165) is 5.56 Å². The van der Waals surface area contributed by atoms with Crippen LogP contribution in [0.25, 0.3) is 6.08 Å². The van der Waals surface area contributed by atoms with Crippen LogP contribution in [0, 0.1) is 0 Å². The van der Waals surface area contributed by atoms with Crippen LogP contribution in [-0.4, -0.2) is 18.5 Å². The summed E-state index contributed by atoms with van der Waals surface area (Å²) in [5, 5.41) is 0. The van der Waals surface area contributed by atoms with E-state index >= 15 is 0 Å². The number of hydrogen-bond donors (Lipinski definition) is 1. The maximum absolute atomic E-state index is 11.0. The highest BCUT2D eigenvalue weighted by molar-refractivity contribution is 5.93. The van der Waals surface area contributed by atoms with Crippen LogP contribution in [0.4, 0.5) is 0 Å². The summed E-state index contributed by atoms with van der Waals surface area (Å²) in [5.41, 5.74) is 6.34. The highest BCUT2D eigenvalue weighted by Gasteiger charge is 1.98. The Balaban J connectivity index is 2.68. The van der Waals surface area contributed by atoms with Crippen LogP contribution in [0.15, 0.2) is 30.3 Å². The highest BCUT2D eigenvalue weighted by atomic mass is 16.5. The molecule has 84 valence electrons. The molecular weight excluding hydrogens is 206 g/mol.